The van der Waals surface area contributed by atoms with Gasteiger partial charge in [0, 0.05) is 11.2 Å². The maximum atomic E-state index is 6.12. The summed E-state index contributed by atoms with van der Waals surface area (Å²) >= 11 is 0. The number of para-hydroxylation sites is 1. The molecule has 6 nitrogen and oxygen atoms in total. The van der Waals surface area contributed by atoms with E-state index in [1.165, 1.54) is 6.33 Å². The van der Waals surface area contributed by atoms with E-state index in [9.17, 15) is 0 Å². The van der Waals surface area contributed by atoms with Crippen molar-refractivity contribution >= 4 is 23.0 Å². The maximum Gasteiger partial charge on any atom is 0.169 e. The van der Waals surface area contributed by atoms with Crippen molar-refractivity contribution in [1.82, 2.24) is 15.4 Å². The van der Waals surface area contributed by atoms with Gasteiger partial charge in [0.15, 0.2) is 11.6 Å². The lowest BCUT2D eigenvalue weighted by Gasteiger charge is -2.22. The molecule has 0 aliphatic carbocycles. The van der Waals surface area contributed by atoms with Crippen LogP contribution in [0.2, 0.25) is 0 Å². The smallest absolute Gasteiger partial charge is 0.169 e. The zero-order valence-electron chi connectivity index (χ0n) is 12.9. The second-order valence-corrected chi connectivity index (χ2v) is 5.92. The molecule has 0 aliphatic rings. The van der Waals surface area contributed by atoms with Crippen LogP contribution in [0.4, 0.5) is 23.0 Å². The molecule has 0 saturated carbocycles. The molecule has 0 unspecified atom stereocenters. The van der Waals surface area contributed by atoms with Crippen LogP contribution in [-0.4, -0.2) is 15.5 Å². The first-order valence-electron chi connectivity index (χ1n) is 6.83. The quantitative estimate of drug-likeness (QED) is 0.646. The summed E-state index contributed by atoms with van der Waals surface area (Å²) in [5.74, 6) is 1.13. The van der Waals surface area contributed by atoms with Crippen LogP contribution >= 0.6 is 0 Å². The van der Waals surface area contributed by atoms with Crippen molar-refractivity contribution in [1.29, 1.82) is 0 Å². The van der Waals surface area contributed by atoms with E-state index in [4.69, 9.17) is 5.73 Å². The lowest BCUT2D eigenvalue weighted by atomic mass is 10.1. The Labute approximate surface area is 125 Å². The topological polar surface area (TPSA) is 87.9 Å². The van der Waals surface area contributed by atoms with Crippen molar-refractivity contribution in [3.05, 3.63) is 36.2 Å². The zero-order chi connectivity index (χ0) is 15.5. The van der Waals surface area contributed by atoms with Crippen LogP contribution in [0.15, 0.2) is 30.6 Å². The number of nitrogens with two attached hydrogens (primary N) is 1. The first-order valence-corrected chi connectivity index (χ1v) is 6.83. The van der Waals surface area contributed by atoms with Crippen molar-refractivity contribution in [2.24, 2.45) is 0 Å². The largest absolute Gasteiger partial charge is 0.393 e. The molecule has 0 spiro atoms. The number of benzene rings is 1. The van der Waals surface area contributed by atoms with Crippen LogP contribution < -0.4 is 21.9 Å². The summed E-state index contributed by atoms with van der Waals surface area (Å²) in [7, 11) is 0. The molecule has 0 amide bonds. The molecule has 2 aromatic rings. The Balaban J connectivity index is 2.20. The fourth-order valence-electron chi connectivity index (χ4n) is 1.68. The highest BCUT2D eigenvalue weighted by molar-refractivity contribution is 5.78. The van der Waals surface area contributed by atoms with Crippen LogP contribution in [0.25, 0.3) is 0 Å². The van der Waals surface area contributed by atoms with E-state index in [0.29, 0.717) is 17.3 Å². The van der Waals surface area contributed by atoms with Crippen LogP contribution in [0.5, 0.6) is 0 Å². The second kappa shape index (κ2) is 5.97. The molecule has 0 saturated heterocycles. The van der Waals surface area contributed by atoms with E-state index in [-0.39, 0.29) is 5.54 Å². The normalized spacial score (nSPS) is 11.2. The first-order chi connectivity index (χ1) is 9.87. The minimum Gasteiger partial charge on any atom is -0.393 e. The lowest BCUT2D eigenvalue weighted by Crippen LogP contribution is -2.40. The van der Waals surface area contributed by atoms with E-state index in [1.54, 1.807) is 0 Å². The molecule has 0 atom stereocenters. The predicted octanol–water partition coefficient (Wildman–Crippen LogP) is 2.83. The van der Waals surface area contributed by atoms with Crippen LogP contribution in [0, 0.1) is 6.92 Å². The van der Waals surface area contributed by atoms with Crippen molar-refractivity contribution in [3.63, 3.8) is 0 Å². The Morgan fingerprint density at radius 2 is 1.71 bits per heavy atom. The van der Waals surface area contributed by atoms with Gasteiger partial charge in [-0.2, -0.15) is 0 Å². The molecule has 112 valence electrons. The van der Waals surface area contributed by atoms with Gasteiger partial charge in [-0.15, -0.1) is 0 Å². The standard InChI is InChI=1S/C15H22N6/c1-10-7-5-6-8-11(10)19-13-12(16)14(18-9-17-13)20-21-15(2,3)4/h5-9,21H,16H2,1-4H3,(H2,17,18,19,20). The number of rotatable bonds is 4. The number of nitrogen functional groups attached to an aromatic ring is 1. The molecular weight excluding hydrogens is 264 g/mol. The van der Waals surface area contributed by atoms with E-state index in [2.05, 4.69) is 26.1 Å². The average molecular weight is 286 g/mol. The molecule has 0 aliphatic heterocycles. The summed E-state index contributed by atoms with van der Waals surface area (Å²) in [6, 6.07) is 7.97. The molecule has 1 aromatic heterocycles. The molecular formula is C15H22N6. The number of hydrogen-bond acceptors (Lipinski definition) is 6. The predicted molar refractivity (Wildman–Crippen MR) is 87.4 cm³/mol. The van der Waals surface area contributed by atoms with E-state index >= 15 is 0 Å². The van der Waals surface area contributed by atoms with Gasteiger partial charge in [0.05, 0.1) is 0 Å². The van der Waals surface area contributed by atoms with Crippen LogP contribution in [0.3, 0.4) is 0 Å². The molecule has 1 aromatic carbocycles. The first kappa shape index (κ1) is 15.1. The third-order valence-electron chi connectivity index (χ3n) is 2.84. The van der Waals surface area contributed by atoms with Crippen LogP contribution in [0.1, 0.15) is 26.3 Å². The minimum atomic E-state index is -0.0962. The number of aryl methyl sites for hydroxylation is 1. The second-order valence-electron chi connectivity index (χ2n) is 5.92. The monoisotopic (exact) mass is 286 g/mol. The Kier molecular flexibility index (Phi) is 4.28. The van der Waals surface area contributed by atoms with E-state index in [0.717, 1.165) is 11.3 Å². The highest BCUT2D eigenvalue weighted by Gasteiger charge is 2.12. The lowest BCUT2D eigenvalue weighted by molar-refractivity contribution is 0.464. The van der Waals surface area contributed by atoms with E-state index in [1.807, 2.05) is 52.0 Å². The summed E-state index contributed by atoms with van der Waals surface area (Å²) in [6.07, 6.45) is 1.48. The number of hydrogen-bond donors (Lipinski definition) is 4. The van der Waals surface area contributed by atoms with Crippen molar-refractivity contribution in [2.75, 3.05) is 16.5 Å². The molecule has 0 fully saturated rings. The third-order valence-corrected chi connectivity index (χ3v) is 2.84. The molecule has 0 bridgehead atoms. The average Bonchev–Trinajstić information content (AvgIpc) is 2.41. The highest BCUT2D eigenvalue weighted by atomic mass is 15.4. The Hall–Kier alpha value is -2.34. The van der Waals surface area contributed by atoms with Crippen molar-refractivity contribution < 1.29 is 0 Å². The van der Waals surface area contributed by atoms with Gasteiger partial charge in [0.1, 0.15) is 12.0 Å². The Morgan fingerprint density at radius 1 is 1.05 bits per heavy atom. The molecule has 5 N–H and O–H groups in total. The third kappa shape index (κ3) is 4.06. The van der Waals surface area contributed by atoms with Gasteiger partial charge in [-0.1, -0.05) is 18.2 Å². The highest BCUT2D eigenvalue weighted by Crippen LogP contribution is 2.26. The summed E-state index contributed by atoms with van der Waals surface area (Å²) in [5, 5.41) is 3.23. The van der Waals surface area contributed by atoms with Gasteiger partial charge in [-0.3, -0.25) is 0 Å². The summed E-state index contributed by atoms with van der Waals surface area (Å²) in [5.41, 5.74) is 14.7. The van der Waals surface area contributed by atoms with Crippen LogP contribution in [-0.2, 0) is 0 Å². The van der Waals surface area contributed by atoms with Gasteiger partial charge in [-0.25, -0.2) is 15.4 Å². The Morgan fingerprint density at radius 3 is 2.38 bits per heavy atom. The maximum absolute atomic E-state index is 6.12. The fraction of sp³-hybridized carbons (Fsp3) is 0.333. The molecule has 21 heavy (non-hydrogen) atoms. The number of nitrogens with one attached hydrogen (secondary N) is 3. The molecule has 1 heterocycles. The molecule has 0 radical (unpaired) electrons. The van der Waals surface area contributed by atoms with Crippen molar-refractivity contribution in [2.45, 2.75) is 33.2 Å². The van der Waals surface area contributed by atoms with Gasteiger partial charge in [-0.05, 0) is 39.3 Å². The zero-order valence-corrected chi connectivity index (χ0v) is 12.9. The van der Waals surface area contributed by atoms with Gasteiger partial charge >= 0.3 is 0 Å². The molecule has 6 heteroatoms. The fourth-order valence-corrected chi connectivity index (χ4v) is 1.68. The number of hydrazine groups is 1. The van der Waals surface area contributed by atoms with Crippen molar-refractivity contribution in [3.8, 4) is 0 Å². The van der Waals surface area contributed by atoms with E-state index < -0.39 is 0 Å². The number of aromatic nitrogens is 2. The SMILES string of the molecule is Cc1ccccc1Nc1ncnc(NNC(C)(C)C)c1N. The number of anilines is 4. The summed E-state index contributed by atoms with van der Waals surface area (Å²) in [6.45, 7) is 8.16. The van der Waals surface area contributed by atoms with Gasteiger partial charge in [0.25, 0.3) is 0 Å². The summed E-state index contributed by atoms with van der Waals surface area (Å²) < 4.78 is 0. The summed E-state index contributed by atoms with van der Waals surface area (Å²) in [4.78, 5) is 8.36. The molecule has 2 rings (SSSR count). The van der Waals surface area contributed by atoms with Gasteiger partial charge < -0.3 is 16.5 Å². The minimum absolute atomic E-state index is 0.0962. The Bertz CT molecular complexity index is 618. The van der Waals surface area contributed by atoms with Gasteiger partial charge in [0.2, 0.25) is 0 Å². The number of nitrogens with zero attached hydrogens (tertiary/aromatic N) is 2.